The summed E-state index contributed by atoms with van der Waals surface area (Å²) in [5.74, 6) is -0.668. The third-order valence-electron chi connectivity index (χ3n) is 7.12. The quantitative estimate of drug-likeness (QED) is 0.167. The highest BCUT2D eigenvalue weighted by molar-refractivity contribution is 7.91. The summed E-state index contributed by atoms with van der Waals surface area (Å²) in [5, 5.41) is 0.559. The number of hydrogen-bond acceptors (Lipinski definition) is 9. The van der Waals surface area contributed by atoms with Gasteiger partial charge in [-0.05, 0) is 81.7 Å². The minimum absolute atomic E-state index is 0. The van der Waals surface area contributed by atoms with Crippen LogP contribution in [0.2, 0.25) is 10.0 Å². The van der Waals surface area contributed by atoms with Crippen molar-refractivity contribution in [2.45, 2.75) is 43.3 Å². The minimum Gasteiger partial charge on any atom is -0.870 e. The van der Waals surface area contributed by atoms with Crippen LogP contribution in [-0.2, 0) is 21.0 Å². The van der Waals surface area contributed by atoms with E-state index in [-0.39, 0.29) is 55.4 Å². The van der Waals surface area contributed by atoms with Crippen molar-refractivity contribution in [2.75, 3.05) is 40.1 Å². The molecule has 15 heteroatoms. The van der Waals surface area contributed by atoms with Crippen molar-refractivity contribution >= 4 is 39.0 Å². The Morgan fingerprint density at radius 3 is 2.33 bits per heavy atom. The van der Waals surface area contributed by atoms with Gasteiger partial charge in [0, 0.05) is 12.0 Å². The second kappa shape index (κ2) is 16.6. The third kappa shape index (κ3) is 10.1. The Kier molecular flexibility index (Phi) is 13.4. The number of alkyl halides is 2. The molecule has 46 heavy (non-hydrogen) atoms. The van der Waals surface area contributed by atoms with E-state index in [9.17, 15) is 22.0 Å². The number of ether oxygens (including phenoxy) is 4. The third-order valence-corrected chi connectivity index (χ3v) is 9.61. The molecular weight excluding hydrogens is 669 g/mol. The van der Waals surface area contributed by atoms with Crippen molar-refractivity contribution in [1.29, 1.82) is 0 Å². The van der Waals surface area contributed by atoms with E-state index in [2.05, 4.69) is 9.72 Å². The molecule has 1 aromatic heterocycles. The van der Waals surface area contributed by atoms with E-state index >= 15 is 0 Å². The number of sulfone groups is 1. The normalized spacial score (nSPS) is 13.7. The van der Waals surface area contributed by atoms with Crippen molar-refractivity contribution in [2.24, 2.45) is 5.92 Å². The molecule has 0 saturated heterocycles. The maximum Gasteiger partial charge on any atom is 0.387 e. The largest absolute Gasteiger partial charge is 0.870 e. The Labute approximate surface area is 276 Å². The van der Waals surface area contributed by atoms with E-state index in [1.807, 2.05) is 19.0 Å². The summed E-state index contributed by atoms with van der Waals surface area (Å²) in [6, 6.07) is 8.29. The minimum atomic E-state index is -3.81. The summed E-state index contributed by atoms with van der Waals surface area (Å²) in [4.78, 5) is 18.2. The van der Waals surface area contributed by atoms with Crippen LogP contribution >= 0.6 is 23.2 Å². The summed E-state index contributed by atoms with van der Waals surface area (Å²) in [6.45, 7) is -2.20. The van der Waals surface area contributed by atoms with Gasteiger partial charge in [0.05, 0.1) is 25.0 Å². The molecule has 0 spiro atoms. The number of pyridine rings is 1. The molecule has 3 aromatic rings. The number of carbonyl (C=O) groups excluding carboxylic acids is 1. The zero-order valence-electron chi connectivity index (χ0n) is 25.5. The zero-order valence-corrected chi connectivity index (χ0v) is 27.8. The Morgan fingerprint density at radius 1 is 1.04 bits per heavy atom. The van der Waals surface area contributed by atoms with Crippen LogP contribution in [0.15, 0.2) is 53.7 Å². The standard InChI is InChI=1S/C31H34Cl2F2N2O7S.H2O/c1-37(2)11-4-12-45(39,40)29-14-21(8-10-26(29)41-3)30(38)43-27(15-22-23(32)16-36-17-24(22)33)20-7-9-25(44-31(34)35)28(13-20)42-18-19-5-6-19;/h7-10,13-14,16-17,19,27,31H,4-6,11-12,15,18H2,1-3H3;1H2/t27-;/m0./s1. The van der Waals surface area contributed by atoms with E-state index < -0.39 is 28.5 Å². The molecule has 10 nitrogen and oxygen atoms in total. The van der Waals surface area contributed by atoms with E-state index in [0.29, 0.717) is 36.6 Å². The van der Waals surface area contributed by atoms with Gasteiger partial charge in [-0.1, -0.05) is 29.3 Å². The number of benzene rings is 2. The van der Waals surface area contributed by atoms with Crippen LogP contribution in [0.4, 0.5) is 8.78 Å². The first-order valence-corrected chi connectivity index (χ1v) is 16.6. The lowest BCUT2D eigenvalue weighted by atomic mass is 10.0. The first kappa shape index (κ1) is 37.2. The van der Waals surface area contributed by atoms with Gasteiger partial charge in [0.25, 0.3) is 0 Å². The highest BCUT2D eigenvalue weighted by Crippen LogP contribution is 2.38. The molecule has 0 amide bonds. The van der Waals surface area contributed by atoms with Crippen molar-refractivity contribution in [3.63, 3.8) is 0 Å². The van der Waals surface area contributed by atoms with E-state index in [1.54, 1.807) is 0 Å². The van der Waals surface area contributed by atoms with Crippen molar-refractivity contribution in [3.05, 3.63) is 75.5 Å². The Bertz CT molecular complexity index is 1590. The highest BCUT2D eigenvalue weighted by atomic mass is 35.5. The zero-order chi connectivity index (χ0) is 32.7. The fourth-order valence-corrected chi connectivity index (χ4v) is 6.56. The smallest absolute Gasteiger partial charge is 0.387 e. The van der Waals surface area contributed by atoms with Gasteiger partial charge in [0.1, 0.15) is 26.8 Å². The summed E-state index contributed by atoms with van der Waals surface area (Å²) in [6.07, 6.45) is 4.32. The van der Waals surface area contributed by atoms with Gasteiger partial charge in [-0.2, -0.15) is 8.78 Å². The lowest BCUT2D eigenvalue weighted by Crippen LogP contribution is -2.18. The molecule has 1 aliphatic carbocycles. The predicted molar refractivity (Wildman–Crippen MR) is 166 cm³/mol. The Balaban J connectivity index is 0.00000576. The van der Waals surface area contributed by atoms with Crippen molar-refractivity contribution in [3.8, 4) is 17.2 Å². The van der Waals surface area contributed by atoms with E-state index in [0.717, 1.165) is 12.8 Å². The molecule has 0 unspecified atom stereocenters. The van der Waals surface area contributed by atoms with Crippen LogP contribution in [0.3, 0.4) is 0 Å². The molecule has 1 heterocycles. The summed E-state index contributed by atoms with van der Waals surface area (Å²) in [5.41, 5.74) is 0.816. The van der Waals surface area contributed by atoms with Crippen molar-refractivity contribution < 1.29 is 51.4 Å². The number of hydrogen-bond donors (Lipinski definition) is 0. The number of carbonyl (C=O) groups is 1. The number of nitrogens with zero attached hydrogens (tertiary/aromatic N) is 1. The van der Waals surface area contributed by atoms with Crippen LogP contribution < -0.4 is 19.2 Å². The monoisotopic (exact) mass is 704 g/mol. The second-order valence-electron chi connectivity index (χ2n) is 10.9. The van der Waals surface area contributed by atoms with Crippen LogP contribution in [-0.4, -0.2) is 71.5 Å². The molecule has 0 aliphatic heterocycles. The number of H-pyrrole nitrogens is 1. The van der Waals surface area contributed by atoms with E-state index in [4.69, 9.17) is 37.4 Å². The molecule has 1 aliphatic rings. The number of rotatable bonds is 16. The maximum atomic E-state index is 13.6. The Hall–Kier alpha value is -3.23. The van der Waals surface area contributed by atoms with Gasteiger partial charge in [-0.15, -0.1) is 0 Å². The van der Waals surface area contributed by atoms with Gasteiger partial charge < -0.3 is 29.3 Å². The van der Waals surface area contributed by atoms with E-state index in [1.165, 1.54) is 55.9 Å². The first-order valence-electron chi connectivity index (χ1n) is 14.2. The molecular formula is C31H36Cl2F2N2O8S. The van der Waals surface area contributed by atoms with Gasteiger partial charge in [0.15, 0.2) is 33.7 Å². The number of aromatic amines is 1. The summed E-state index contributed by atoms with van der Waals surface area (Å²) < 4.78 is 74.5. The lowest BCUT2D eigenvalue weighted by Gasteiger charge is -2.21. The number of aromatic nitrogens is 1. The van der Waals surface area contributed by atoms with Gasteiger partial charge in [-0.25, -0.2) is 18.2 Å². The topological polar surface area (TPSA) is 136 Å². The van der Waals surface area contributed by atoms with Gasteiger partial charge >= 0.3 is 12.6 Å². The van der Waals surface area contributed by atoms with Crippen LogP contribution in [0.1, 0.15) is 46.9 Å². The average molecular weight is 706 g/mol. The average Bonchev–Trinajstić information content (AvgIpc) is 3.81. The maximum absolute atomic E-state index is 13.6. The molecule has 1 fully saturated rings. The second-order valence-corrected chi connectivity index (χ2v) is 13.8. The summed E-state index contributed by atoms with van der Waals surface area (Å²) >= 11 is 12.8. The number of methoxy groups -OCH3 is 1. The summed E-state index contributed by atoms with van der Waals surface area (Å²) in [7, 11) is 1.22. The van der Waals surface area contributed by atoms with Gasteiger partial charge in [-0.3, -0.25) is 0 Å². The number of esters is 1. The molecule has 0 radical (unpaired) electrons. The van der Waals surface area contributed by atoms with Crippen LogP contribution in [0.5, 0.6) is 17.2 Å². The molecule has 1 saturated carbocycles. The van der Waals surface area contributed by atoms with Gasteiger partial charge in [0.2, 0.25) is 0 Å². The SMILES string of the molecule is COc1ccc(C(=O)O[C@@H](Cc2c(Cl)c[nH+]cc2Cl)c2ccc(OC(F)F)c(OCC3CC3)c2)cc1S(=O)(=O)CCCN(C)C.[OH-]. The number of nitrogens with one attached hydrogen (secondary N) is 1. The molecule has 252 valence electrons. The van der Waals surface area contributed by atoms with Crippen LogP contribution in [0.25, 0.3) is 0 Å². The number of halogens is 4. The fourth-order valence-electron chi connectivity index (χ4n) is 4.53. The first-order chi connectivity index (χ1) is 21.4. The van der Waals surface area contributed by atoms with Crippen LogP contribution in [0, 0.1) is 5.92 Å². The lowest BCUT2D eigenvalue weighted by molar-refractivity contribution is -0.377. The molecule has 2 N–H and O–H groups in total. The van der Waals surface area contributed by atoms with Crippen molar-refractivity contribution in [1.82, 2.24) is 4.90 Å². The molecule has 2 aromatic carbocycles. The fraction of sp³-hybridized carbons (Fsp3) is 0.419. The predicted octanol–water partition coefficient (Wildman–Crippen LogP) is 5.90. The highest BCUT2D eigenvalue weighted by Gasteiger charge is 2.28. The molecule has 0 bridgehead atoms. The Morgan fingerprint density at radius 2 is 1.72 bits per heavy atom. The molecule has 4 rings (SSSR count). The molecule has 1 atom stereocenters.